The molecule has 214 valence electrons. The first kappa shape index (κ1) is 28.0. The standard InChI is InChI=1S/C30H34N6O5/c1-4-6-16-34-26-27(32-29(34)33-15-9-10-21(31)18-33)35(19-25(37)41-5-2)30(39)36(28(26)38)17-20-13-14-24(40-3)23-12-8-7-11-22(20)23/h7-8,11-14,21H,5,9-10,15-19,31H2,1-3H3. The van der Waals surface area contributed by atoms with Crippen molar-refractivity contribution in [1.29, 1.82) is 0 Å². The maximum atomic E-state index is 14.2. The molecule has 1 aliphatic heterocycles. The van der Waals surface area contributed by atoms with Crippen LogP contribution in [0.25, 0.3) is 21.9 Å². The average Bonchev–Trinajstić information content (AvgIpc) is 3.36. The van der Waals surface area contributed by atoms with Gasteiger partial charge in [-0.25, -0.2) is 4.79 Å². The number of imidazole rings is 1. The highest BCUT2D eigenvalue weighted by atomic mass is 16.5. The molecule has 2 N–H and O–H groups in total. The maximum Gasteiger partial charge on any atom is 0.333 e. The highest BCUT2D eigenvalue weighted by Gasteiger charge is 2.27. The Balaban J connectivity index is 1.77. The largest absolute Gasteiger partial charge is 0.496 e. The molecule has 1 aliphatic rings. The Hall–Kier alpha value is -4.56. The summed E-state index contributed by atoms with van der Waals surface area (Å²) >= 11 is 0. The Morgan fingerprint density at radius 1 is 1.12 bits per heavy atom. The molecule has 3 heterocycles. The van der Waals surface area contributed by atoms with Gasteiger partial charge in [0.15, 0.2) is 11.2 Å². The van der Waals surface area contributed by atoms with E-state index in [1.54, 1.807) is 25.5 Å². The van der Waals surface area contributed by atoms with Gasteiger partial charge in [0.2, 0.25) is 5.95 Å². The lowest BCUT2D eigenvalue weighted by Gasteiger charge is -2.31. The van der Waals surface area contributed by atoms with Gasteiger partial charge in [0.25, 0.3) is 5.56 Å². The van der Waals surface area contributed by atoms with E-state index in [0.717, 1.165) is 33.7 Å². The molecule has 4 aromatic rings. The molecule has 2 aromatic carbocycles. The van der Waals surface area contributed by atoms with Gasteiger partial charge >= 0.3 is 11.7 Å². The molecule has 1 unspecified atom stereocenters. The Morgan fingerprint density at radius 3 is 2.61 bits per heavy atom. The van der Waals surface area contributed by atoms with E-state index in [-0.39, 0.29) is 43.4 Å². The van der Waals surface area contributed by atoms with E-state index in [1.165, 1.54) is 4.57 Å². The number of hydrogen-bond donors (Lipinski definition) is 1. The number of esters is 1. The Labute approximate surface area is 237 Å². The predicted octanol–water partition coefficient (Wildman–Crippen LogP) is 2.08. The SMILES string of the molecule is CC#CCn1c(N2CCCC(N)C2)nc2c1c(=O)n(Cc1ccc(OC)c3ccccc13)c(=O)n2CC(=O)OCC. The van der Waals surface area contributed by atoms with Crippen LogP contribution in [0.1, 0.15) is 32.3 Å². The van der Waals surface area contributed by atoms with Gasteiger partial charge in [-0.05, 0) is 43.7 Å². The zero-order valence-electron chi connectivity index (χ0n) is 23.6. The van der Waals surface area contributed by atoms with Crippen molar-refractivity contribution in [3.63, 3.8) is 0 Å². The maximum absolute atomic E-state index is 14.2. The summed E-state index contributed by atoms with van der Waals surface area (Å²) in [4.78, 5) is 47.6. The number of anilines is 1. The summed E-state index contributed by atoms with van der Waals surface area (Å²) in [5.41, 5.74) is 6.18. The Kier molecular flexibility index (Phi) is 8.12. The van der Waals surface area contributed by atoms with E-state index in [0.29, 0.717) is 24.8 Å². The van der Waals surface area contributed by atoms with Crippen LogP contribution in [0.2, 0.25) is 0 Å². The number of carbonyl (C=O) groups excluding carboxylic acids is 1. The fraction of sp³-hybridized carbons (Fsp3) is 0.400. The molecule has 0 spiro atoms. The van der Waals surface area contributed by atoms with Gasteiger partial charge < -0.3 is 20.1 Å². The summed E-state index contributed by atoms with van der Waals surface area (Å²) in [5, 5.41) is 1.71. The van der Waals surface area contributed by atoms with Gasteiger partial charge in [-0.2, -0.15) is 4.98 Å². The summed E-state index contributed by atoms with van der Waals surface area (Å²) in [6, 6.07) is 11.3. The van der Waals surface area contributed by atoms with Crippen LogP contribution in [-0.2, 0) is 29.2 Å². The molecule has 11 nitrogen and oxygen atoms in total. The number of hydrogen-bond acceptors (Lipinski definition) is 8. The smallest absolute Gasteiger partial charge is 0.333 e. The lowest BCUT2D eigenvalue weighted by Crippen LogP contribution is -2.44. The number of carbonyl (C=O) groups is 1. The Morgan fingerprint density at radius 2 is 1.90 bits per heavy atom. The number of piperidine rings is 1. The van der Waals surface area contributed by atoms with Crippen molar-refractivity contribution in [3.8, 4) is 17.6 Å². The average molecular weight is 559 g/mol. The second kappa shape index (κ2) is 11.9. The third kappa shape index (κ3) is 5.30. The summed E-state index contributed by atoms with van der Waals surface area (Å²) in [7, 11) is 1.60. The van der Waals surface area contributed by atoms with Crippen molar-refractivity contribution < 1.29 is 14.3 Å². The molecule has 0 radical (unpaired) electrons. The zero-order chi connectivity index (χ0) is 29.1. The van der Waals surface area contributed by atoms with Crippen molar-refractivity contribution in [2.24, 2.45) is 5.73 Å². The van der Waals surface area contributed by atoms with Gasteiger partial charge in [-0.1, -0.05) is 36.3 Å². The Bertz CT molecular complexity index is 1790. The van der Waals surface area contributed by atoms with E-state index >= 15 is 0 Å². The number of benzene rings is 2. The number of nitrogens with two attached hydrogens (primary N) is 1. The number of rotatable bonds is 8. The van der Waals surface area contributed by atoms with E-state index in [9.17, 15) is 14.4 Å². The van der Waals surface area contributed by atoms with Crippen molar-refractivity contribution in [2.75, 3.05) is 31.7 Å². The third-order valence-electron chi connectivity index (χ3n) is 7.36. The van der Waals surface area contributed by atoms with Crippen molar-refractivity contribution in [1.82, 2.24) is 18.7 Å². The topological polar surface area (TPSA) is 127 Å². The van der Waals surface area contributed by atoms with Crippen LogP contribution in [0.15, 0.2) is 46.0 Å². The van der Waals surface area contributed by atoms with Crippen molar-refractivity contribution >= 4 is 33.9 Å². The number of methoxy groups -OCH3 is 1. The van der Waals surface area contributed by atoms with E-state index < -0.39 is 17.2 Å². The molecule has 11 heteroatoms. The van der Waals surface area contributed by atoms with Crippen LogP contribution in [0.5, 0.6) is 5.75 Å². The van der Waals surface area contributed by atoms with Crippen molar-refractivity contribution in [2.45, 2.75) is 52.4 Å². The van der Waals surface area contributed by atoms with Gasteiger partial charge in [0, 0.05) is 24.5 Å². The molecule has 0 amide bonds. The fourth-order valence-corrected chi connectivity index (χ4v) is 5.46. The van der Waals surface area contributed by atoms with Crippen LogP contribution >= 0.6 is 0 Å². The summed E-state index contributed by atoms with van der Waals surface area (Å²) in [6.07, 6.45) is 1.76. The minimum Gasteiger partial charge on any atom is -0.496 e. The number of ether oxygens (including phenoxy) is 2. The molecule has 2 aromatic heterocycles. The highest BCUT2D eigenvalue weighted by Crippen LogP contribution is 2.29. The van der Waals surface area contributed by atoms with Gasteiger partial charge in [-0.3, -0.25) is 23.3 Å². The molecular formula is C30H34N6O5. The van der Waals surface area contributed by atoms with Gasteiger partial charge in [0.05, 0.1) is 26.8 Å². The quantitative estimate of drug-likeness (QED) is 0.257. The molecule has 0 aliphatic carbocycles. The highest BCUT2D eigenvalue weighted by molar-refractivity contribution is 5.91. The molecule has 5 rings (SSSR count). The van der Waals surface area contributed by atoms with Crippen LogP contribution in [0.4, 0.5) is 5.95 Å². The number of aromatic nitrogens is 4. The van der Waals surface area contributed by atoms with Crippen LogP contribution in [0, 0.1) is 11.8 Å². The first-order valence-corrected chi connectivity index (χ1v) is 13.7. The predicted molar refractivity (Wildman–Crippen MR) is 157 cm³/mol. The third-order valence-corrected chi connectivity index (χ3v) is 7.36. The minimum absolute atomic E-state index is 0.0184. The van der Waals surface area contributed by atoms with Crippen LogP contribution in [0.3, 0.4) is 0 Å². The second-order valence-corrected chi connectivity index (χ2v) is 9.98. The summed E-state index contributed by atoms with van der Waals surface area (Å²) in [6.45, 7) is 4.61. The summed E-state index contributed by atoms with van der Waals surface area (Å²) in [5.74, 6) is 6.51. The van der Waals surface area contributed by atoms with Gasteiger partial charge in [-0.15, -0.1) is 5.92 Å². The fourth-order valence-electron chi connectivity index (χ4n) is 5.46. The minimum atomic E-state index is -0.649. The van der Waals surface area contributed by atoms with Crippen LogP contribution < -0.4 is 26.6 Å². The van der Waals surface area contributed by atoms with Crippen LogP contribution in [-0.4, -0.2) is 57.5 Å². The first-order chi connectivity index (χ1) is 19.9. The van der Waals surface area contributed by atoms with E-state index in [2.05, 4.69) is 11.8 Å². The normalized spacial score (nSPS) is 15.1. The molecule has 41 heavy (non-hydrogen) atoms. The monoisotopic (exact) mass is 558 g/mol. The van der Waals surface area contributed by atoms with Gasteiger partial charge in [0.1, 0.15) is 12.3 Å². The molecule has 0 bridgehead atoms. The van der Waals surface area contributed by atoms with E-state index in [1.807, 2.05) is 41.3 Å². The van der Waals surface area contributed by atoms with E-state index in [4.69, 9.17) is 20.2 Å². The number of nitrogens with zero attached hydrogens (tertiary/aromatic N) is 5. The lowest BCUT2D eigenvalue weighted by molar-refractivity contribution is -0.143. The second-order valence-electron chi connectivity index (χ2n) is 9.98. The lowest BCUT2D eigenvalue weighted by atomic mass is 10.0. The molecule has 0 saturated carbocycles. The first-order valence-electron chi connectivity index (χ1n) is 13.7. The zero-order valence-corrected chi connectivity index (χ0v) is 23.6. The molecular weight excluding hydrogens is 524 g/mol. The summed E-state index contributed by atoms with van der Waals surface area (Å²) < 4.78 is 14.8. The number of fused-ring (bicyclic) bond motifs is 2. The molecule has 1 saturated heterocycles. The molecule has 1 fully saturated rings. The molecule has 1 atom stereocenters. The van der Waals surface area contributed by atoms with Crippen molar-refractivity contribution in [3.05, 3.63) is 62.8 Å².